The Morgan fingerprint density at radius 2 is 1.86 bits per heavy atom. The number of pyridine rings is 1. The number of hydrogen-bond acceptors (Lipinski definition) is 11. The molecule has 16 nitrogen and oxygen atoms in total. The summed E-state index contributed by atoms with van der Waals surface area (Å²) >= 11 is 0. The number of carbonyl (C=O) groups is 4. The predicted octanol–water partition coefficient (Wildman–Crippen LogP) is 5.48. The maximum absolute atomic E-state index is 15.5. The minimum atomic E-state index is -5.19. The number of fused-ring (bicyclic) bond motifs is 3. The quantitative estimate of drug-likeness (QED) is 0.201. The van der Waals surface area contributed by atoms with Crippen LogP contribution in [0.2, 0.25) is 0 Å². The molecule has 7 rings (SSSR count). The molecule has 352 valence electrons. The van der Waals surface area contributed by atoms with Crippen LogP contribution in [-0.4, -0.2) is 126 Å². The molecule has 2 aromatic rings. The Morgan fingerprint density at radius 1 is 1.12 bits per heavy atom. The lowest BCUT2D eigenvalue weighted by Crippen LogP contribution is -2.71. The lowest BCUT2D eigenvalue weighted by Gasteiger charge is -2.50. The molecular weight excluding hydrogens is 871 g/mol. The van der Waals surface area contributed by atoms with Crippen LogP contribution in [0.25, 0.3) is 10.8 Å². The molecule has 1 unspecified atom stereocenters. The van der Waals surface area contributed by atoms with Gasteiger partial charge in [0.15, 0.2) is 17.1 Å². The molecule has 3 aliphatic heterocycles. The number of aromatic nitrogens is 1. The first-order valence-electron chi connectivity index (χ1n) is 21.6. The van der Waals surface area contributed by atoms with Crippen LogP contribution < -0.4 is 24.2 Å². The summed E-state index contributed by atoms with van der Waals surface area (Å²) in [5.74, 6) is -5.95. The van der Waals surface area contributed by atoms with Crippen molar-refractivity contribution in [3.8, 4) is 17.5 Å². The number of ether oxygens (including phenoxy) is 4. The molecular formula is C43H55F4N5O11S. The molecule has 21 heteroatoms. The Labute approximate surface area is 368 Å². The number of rotatable bonds is 10. The normalized spacial score (nSPS) is 30.8. The van der Waals surface area contributed by atoms with Gasteiger partial charge in [-0.15, -0.1) is 0 Å². The molecule has 64 heavy (non-hydrogen) atoms. The predicted molar refractivity (Wildman–Crippen MR) is 221 cm³/mol. The number of nitrogens with one attached hydrogen (secondary N) is 2. The van der Waals surface area contributed by atoms with E-state index >= 15 is 22.4 Å². The fourth-order valence-electron chi connectivity index (χ4n) is 9.53. The number of benzene rings is 1. The molecule has 2 saturated heterocycles. The van der Waals surface area contributed by atoms with Crippen LogP contribution in [0.4, 0.5) is 22.4 Å². The minimum Gasteiger partial charge on any atom is -0.494 e. The highest BCUT2D eigenvalue weighted by molar-refractivity contribution is 7.91. The monoisotopic (exact) mass is 925 g/mol. The molecule has 0 bridgehead atoms. The molecule has 5 aliphatic rings. The number of nitrogens with zero attached hydrogens (tertiary/aromatic N) is 3. The Bertz CT molecular complexity index is 2300. The Hall–Kier alpha value is -4.92. The van der Waals surface area contributed by atoms with E-state index in [0.29, 0.717) is 31.1 Å². The van der Waals surface area contributed by atoms with Gasteiger partial charge in [0.2, 0.25) is 33.6 Å². The van der Waals surface area contributed by atoms with Crippen molar-refractivity contribution in [3.05, 3.63) is 36.2 Å². The fourth-order valence-corrected chi connectivity index (χ4v) is 10.8. The number of halogens is 4. The largest absolute Gasteiger partial charge is 0.494 e. The average molecular weight is 926 g/mol. The van der Waals surface area contributed by atoms with Crippen molar-refractivity contribution in [3.63, 3.8) is 0 Å². The van der Waals surface area contributed by atoms with Gasteiger partial charge >= 0.3 is 12.3 Å². The Morgan fingerprint density at radius 3 is 2.47 bits per heavy atom. The Balaban J connectivity index is 1.34. The summed E-state index contributed by atoms with van der Waals surface area (Å²) < 4.78 is 111. The second-order valence-electron chi connectivity index (χ2n) is 18.1. The first-order chi connectivity index (χ1) is 30.1. The number of allylic oxidation sites excluding steroid dienone is 1. The molecule has 4 fully saturated rings. The van der Waals surface area contributed by atoms with Crippen LogP contribution >= 0.6 is 0 Å². The Kier molecular flexibility index (Phi) is 12.8. The topological polar surface area (TPSA) is 203 Å². The summed E-state index contributed by atoms with van der Waals surface area (Å²) in [7, 11) is -1.56. The number of methoxy groups -OCH3 is 2. The summed E-state index contributed by atoms with van der Waals surface area (Å²) in [4.78, 5) is 63.4. The van der Waals surface area contributed by atoms with E-state index in [1.165, 1.54) is 33.3 Å². The summed E-state index contributed by atoms with van der Waals surface area (Å²) in [6, 6.07) is 0.403. The van der Waals surface area contributed by atoms with Crippen LogP contribution in [0.1, 0.15) is 85.0 Å². The van der Waals surface area contributed by atoms with Crippen LogP contribution in [0.3, 0.4) is 0 Å². The van der Waals surface area contributed by atoms with E-state index < -0.39 is 111 Å². The highest BCUT2D eigenvalue weighted by atomic mass is 32.2. The molecule has 1 aromatic carbocycles. The lowest BCUT2D eigenvalue weighted by atomic mass is 9.80. The van der Waals surface area contributed by atoms with Gasteiger partial charge in [-0.25, -0.2) is 17.6 Å². The number of carboxylic acid groups (broad SMARTS) is 1. The second-order valence-corrected chi connectivity index (χ2v) is 20.3. The first kappa shape index (κ1) is 47.1. The third kappa shape index (κ3) is 8.65. The van der Waals surface area contributed by atoms with E-state index in [4.69, 9.17) is 18.9 Å². The number of hydrogen-bond donors (Lipinski definition) is 3. The van der Waals surface area contributed by atoms with Crippen LogP contribution in [0.5, 0.6) is 17.5 Å². The van der Waals surface area contributed by atoms with Crippen molar-refractivity contribution in [2.24, 2.45) is 17.8 Å². The van der Waals surface area contributed by atoms with Crippen molar-refractivity contribution in [2.75, 3.05) is 34.0 Å². The molecule has 2 saturated carbocycles. The summed E-state index contributed by atoms with van der Waals surface area (Å²) in [6.07, 6.45) is -4.31. The van der Waals surface area contributed by atoms with E-state index in [1.54, 1.807) is 19.1 Å². The summed E-state index contributed by atoms with van der Waals surface area (Å²) in [5, 5.41) is 14.1. The fraction of sp³-hybridized carbons (Fsp3) is 0.651. The molecule has 2 aliphatic carbocycles. The average Bonchev–Trinajstić information content (AvgIpc) is 4.12. The zero-order valence-corrected chi connectivity index (χ0v) is 37.2. The molecule has 0 radical (unpaired) electrons. The molecule has 4 amide bonds. The molecule has 4 heterocycles. The lowest BCUT2D eigenvalue weighted by molar-refractivity contribution is -0.260. The number of alkyl halides is 3. The van der Waals surface area contributed by atoms with Gasteiger partial charge in [0.25, 0.3) is 5.91 Å². The SMILES string of the molecule is CC[C@@H]1C[C@H](C)CCC=C[C@@H]2C[C@@]2(C(=O)NS(=O)(=O)C2(C)CC2)NC(=O)[C@@H]2C[C@@H](Oc3nc(OC)cc4cc(OC)c(F)cc34)CN2C(=O)[C@H]1N(C(=O)O)C1(C(F)(F)F)CCCOC1. The van der Waals surface area contributed by atoms with Gasteiger partial charge in [-0.2, -0.15) is 18.2 Å². The highest BCUT2D eigenvalue weighted by Gasteiger charge is 2.66. The van der Waals surface area contributed by atoms with Crippen molar-refractivity contribution < 1.29 is 69.2 Å². The van der Waals surface area contributed by atoms with Crippen LogP contribution in [0, 0.1) is 23.6 Å². The van der Waals surface area contributed by atoms with Crippen molar-refractivity contribution in [2.45, 2.75) is 125 Å². The van der Waals surface area contributed by atoms with Crippen molar-refractivity contribution in [1.82, 2.24) is 24.8 Å². The molecule has 1 aromatic heterocycles. The standard InChI is InChI=1S/C43H55F4N5O11S/c1-6-25-16-24(2)10-7-8-11-27-21-42(27,38(55)50-64(58,59)40(3)13-14-40)49-35(53)31-19-28(63-36-29-20-30(44)32(60-4)17-26(29)18-33(48-36)61-5)22-51(31)37(54)34(25)52(39(56)57)41(43(45,46)47)12-9-15-62-23-41/h8,11,17-18,20,24-25,27-28,31,34H,6-7,9-10,12-16,19,21-23H2,1-5H3,(H,49,53)(H,50,55)(H,56,57)/t24-,25-,27-,28-,31+,34+,41?,42-/m1/s1. The third-order valence-corrected chi connectivity index (χ3v) is 16.0. The summed E-state index contributed by atoms with van der Waals surface area (Å²) in [6.45, 7) is 3.40. The number of carbonyl (C=O) groups excluding carboxylic acids is 3. The zero-order valence-electron chi connectivity index (χ0n) is 36.3. The van der Waals surface area contributed by atoms with Gasteiger partial charge in [-0.1, -0.05) is 32.4 Å². The van der Waals surface area contributed by atoms with Gasteiger partial charge in [0.1, 0.15) is 23.7 Å². The second kappa shape index (κ2) is 17.5. The van der Waals surface area contributed by atoms with Crippen molar-refractivity contribution >= 4 is 44.6 Å². The smallest absolute Gasteiger partial charge is 0.414 e. The van der Waals surface area contributed by atoms with Gasteiger partial charge in [0.05, 0.1) is 32.1 Å². The molecule has 0 spiro atoms. The van der Waals surface area contributed by atoms with E-state index in [0.717, 1.165) is 11.0 Å². The number of sulfonamides is 1. The van der Waals surface area contributed by atoms with Crippen LogP contribution in [-0.2, 0) is 29.1 Å². The van der Waals surface area contributed by atoms with Gasteiger partial charge in [-0.05, 0) is 87.6 Å². The van der Waals surface area contributed by atoms with E-state index in [1.807, 2.05) is 6.92 Å². The molecule has 8 atom stereocenters. The van der Waals surface area contributed by atoms with Gasteiger partial charge < -0.3 is 34.3 Å². The van der Waals surface area contributed by atoms with Gasteiger partial charge in [0, 0.05) is 30.4 Å². The molecule has 3 N–H and O–H groups in total. The maximum atomic E-state index is 15.5. The van der Waals surface area contributed by atoms with Crippen molar-refractivity contribution in [1.29, 1.82) is 0 Å². The minimum absolute atomic E-state index is 0.000367. The highest BCUT2D eigenvalue weighted by Crippen LogP contribution is 2.49. The van der Waals surface area contributed by atoms with Crippen LogP contribution in [0.15, 0.2) is 30.4 Å². The van der Waals surface area contributed by atoms with Gasteiger partial charge in [-0.3, -0.25) is 24.0 Å². The van der Waals surface area contributed by atoms with E-state index in [-0.39, 0.29) is 72.4 Å². The van der Waals surface area contributed by atoms with E-state index in [9.17, 15) is 27.9 Å². The van der Waals surface area contributed by atoms with E-state index in [2.05, 4.69) is 15.0 Å². The first-order valence-corrected chi connectivity index (χ1v) is 23.0. The number of amides is 4. The summed E-state index contributed by atoms with van der Waals surface area (Å²) in [5.41, 5.74) is -4.92. The zero-order chi connectivity index (χ0) is 46.6. The third-order valence-electron chi connectivity index (χ3n) is 13.8. The maximum Gasteiger partial charge on any atom is 0.414 e.